The van der Waals surface area contributed by atoms with Crippen molar-refractivity contribution < 1.29 is 8.42 Å². The third kappa shape index (κ3) is 9.59. The molecule has 1 aromatic heterocycles. The summed E-state index contributed by atoms with van der Waals surface area (Å²) in [5.41, 5.74) is 0. The fourth-order valence-electron chi connectivity index (χ4n) is 1.79. The molecule has 0 aliphatic carbocycles. The van der Waals surface area contributed by atoms with Crippen LogP contribution in [-0.2, 0) is 16.4 Å². The Kier molecular flexibility index (Phi) is 10.2. The number of aryl methyl sites for hydroxylation is 1. The monoisotopic (exact) mass is 460 g/mol. The summed E-state index contributed by atoms with van der Waals surface area (Å²) < 4.78 is 24.3. The number of nitrogens with zero attached hydrogens (tertiary/aromatic N) is 1. The molecule has 0 amide bonds. The molecule has 1 atom stereocenters. The molecular formula is C13H25IN4O2S2. The number of nitrogens with one attached hydrogen (secondary N) is 3. The minimum atomic E-state index is -3.14. The van der Waals surface area contributed by atoms with Crippen molar-refractivity contribution in [3.63, 3.8) is 0 Å². The molecule has 0 aromatic carbocycles. The standard InChI is InChI=1S/C13H24N4O2S2.HI/c1-10(9-12-6-5-11(2)20-12)17-13(14-3)15-7-8-16-21(4,18)19;/h5-6,10,16H,7-9H2,1-4H3,(H2,14,15,17);1H. The second kappa shape index (κ2) is 10.4. The lowest BCUT2D eigenvalue weighted by Gasteiger charge is -2.17. The molecule has 3 N–H and O–H groups in total. The van der Waals surface area contributed by atoms with Gasteiger partial charge >= 0.3 is 0 Å². The van der Waals surface area contributed by atoms with E-state index in [-0.39, 0.29) is 30.0 Å². The average Bonchev–Trinajstić information content (AvgIpc) is 2.77. The third-order valence-corrected chi connectivity index (χ3v) is 4.44. The summed E-state index contributed by atoms with van der Waals surface area (Å²) in [7, 11) is -1.44. The Labute approximate surface area is 154 Å². The lowest BCUT2D eigenvalue weighted by molar-refractivity contribution is 0.585. The number of guanidine groups is 1. The van der Waals surface area contributed by atoms with Crippen LogP contribution in [0.3, 0.4) is 0 Å². The molecule has 1 heterocycles. The SMILES string of the molecule is CN=C(NCCNS(C)(=O)=O)NC(C)Cc1ccc(C)s1.I. The van der Waals surface area contributed by atoms with E-state index in [2.05, 4.69) is 46.3 Å². The van der Waals surface area contributed by atoms with Crippen LogP contribution in [0.25, 0.3) is 0 Å². The van der Waals surface area contributed by atoms with Gasteiger partial charge in [-0.2, -0.15) is 0 Å². The molecule has 1 unspecified atom stereocenters. The van der Waals surface area contributed by atoms with Crippen molar-refractivity contribution in [2.24, 2.45) is 4.99 Å². The molecule has 0 aliphatic heterocycles. The van der Waals surface area contributed by atoms with Crippen molar-refractivity contribution in [3.8, 4) is 0 Å². The van der Waals surface area contributed by atoms with Gasteiger partial charge in [0.25, 0.3) is 0 Å². The first-order valence-electron chi connectivity index (χ1n) is 6.77. The van der Waals surface area contributed by atoms with Gasteiger partial charge in [-0.25, -0.2) is 13.1 Å². The van der Waals surface area contributed by atoms with Gasteiger partial charge < -0.3 is 10.6 Å². The van der Waals surface area contributed by atoms with Crippen LogP contribution in [-0.4, -0.2) is 46.8 Å². The van der Waals surface area contributed by atoms with Gasteiger partial charge in [0.1, 0.15) is 0 Å². The van der Waals surface area contributed by atoms with Crippen molar-refractivity contribution in [1.82, 2.24) is 15.4 Å². The second-order valence-corrected chi connectivity index (χ2v) is 8.13. The maximum Gasteiger partial charge on any atom is 0.208 e. The van der Waals surface area contributed by atoms with Crippen LogP contribution in [0.15, 0.2) is 17.1 Å². The van der Waals surface area contributed by atoms with Crippen LogP contribution in [0.5, 0.6) is 0 Å². The highest BCUT2D eigenvalue weighted by Gasteiger charge is 2.08. The molecule has 22 heavy (non-hydrogen) atoms. The zero-order chi connectivity index (χ0) is 15.9. The summed E-state index contributed by atoms with van der Waals surface area (Å²) in [4.78, 5) is 6.78. The first-order valence-corrected chi connectivity index (χ1v) is 9.48. The van der Waals surface area contributed by atoms with E-state index in [0.717, 1.165) is 12.7 Å². The minimum Gasteiger partial charge on any atom is -0.355 e. The number of thiophene rings is 1. The molecule has 1 rings (SSSR count). The van der Waals surface area contributed by atoms with E-state index in [1.165, 1.54) is 9.75 Å². The molecule has 128 valence electrons. The number of hydrogen-bond donors (Lipinski definition) is 3. The molecule has 6 nitrogen and oxygen atoms in total. The average molecular weight is 460 g/mol. The Morgan fingerprint density at radius 1 is 1.36 bits per heavy atom. The van der Waals surface area contributed by atoms with Gasteiger partial charge in [0, 0.05) is 42.4 Å². The molecule has 9 heteroatoms. The molecular weight excluding hydrogens is 435 g/mol. The topological polar surface area (TPSA) is 82.6 Å². The van der Waals surface area contributed by atoms with Crippen LogP contribution in [0.1, 0.15) is 16.7 Å². The van der Waals surface area contributed by atoms with Crippen molar-refractivity contribution in [3.05, 3.63) is 21.9 Å². The Bertz CT molecular complexity index is 572. The summed E-state index contributed by atoms with van der Waals surface area (Å²) in [6.07, 6.45) is 2.08. The first-order chi connectivity index (χ1) is 9.80. The largest absolute Gasteiger partial charge is 0.355 e. The number of rotatable bonds is 7. The Morgan fingerprint density at radius 2 is 2.05 bits per heavy atom. The molecule has 1 aromatic rings. The van der Waals surface area contributed by atoms with E-state index >= 15 is 0 Å². The quantitative estimate of drug-likeness (QED) is 0.248. The Morgan fingerprint density at radius 3 is 2.55 bits per heavy atom. The summed E-state index contributed by atoms with van der Waals surface area (Å²) in [5, 5.41) is 6.37. The van der Waals surface area contributed by atoms with Gasteiger partial charge in [-0.15, -0.1) is 35.3 Å². The zero-order valence-electron chi connectivity index (χ0n) is 13.3. The highest BCUT2D eigenvalue weighted by Crippen LogP contribution is 2.16. The van der Waals surface area contributed by atoms with Gasteiger partial charge in [0.2, 0.25) is 10.0 Å². The van der Waals surface area contributed by atoms with Gasteiger partial charge in [-0.3, -0.25) is 4.99 Å². The number of sulfonamides is 1. The minimum absolute atomic E-state index is 0. The smallest absolute Gasteiger partial charge is 0.208 e. The predicted octanol–water partition coefficient (Wildman–Crippen LogP) is 1.32. The summed E-state index contributed by atoms with van der Waals surface area (Å²) >= 11 is 1.80. The summed E-state index contributed by atoms with van der Waals surface area (Å²) in [5.74, 6) is 0.672. The van der Waals surface area contributed by atoms with E-state index in [0.29, 0.717) is 19.0 Å². The summed E-state index contributed by atoms with van der Waals surface area (Å²) in [6.45, 7) is 5.01. The third-order valence-electron chi connectivity index (χ3n) is 2.69. The van der Waals surface area contributed by atoms with Crippen molar-refractivity contribution >= 4 is 51.3 Å². The maximum atomic E-state index is 10.9. The lowest BCUT2D eigenvalue weighted by Crippen LogP contribution is -2.45. The first kappa shape index (κ1) is 21.6. The number of aliphatic imine (C=N–C) groups is 1. The molecule has 0 radical (unpaired) electrons. The van der Waals surface area contributed by atoms with Crippen LogP contribution in [0.2, 0.25) is 0 Å². The highest BCUT2D eigenvalue weighted by atomic mass is 127. The molecule has 0 saturated heterocycles. The highest BCUT2D eigenvalue weighted by molar-refractivity contribution is 14.0. The number of halogens is 1. The van der Waals surface area contributed by atoms with Gasteiger partial charge in [-0.1, -0.05) is 0 Å². The molecule has 0 saturated carbocycles. The molecule has 0 aliphatic rings. The van der Waals surface area contributed by atoms with Crippen LogP contribution >= 0.6 is 35.3 Å². The number of hydrogen-bond acceptors (Lipinski definition) is 4. The van der Waals surface area contributed by atoms with E-state index < -0.39 is 10.0 Å². The van der Waals surface area contributed by atoms with Gasteiger partial charge in [0.15, 0.2) is 5.96 Å². The van der Waals surface area contributed by atoms with Crippen LogP contribution in [0.4, 0.5) is 0 Å². The molecule has 0 fully saturated rings. The predicted molar refractivity (Wildman–Crippen MR) is 105 cm³/mol. The van der Waals surface area contributed by atoms with Crippen molar-refractivity contribution in [2.45, 2.75) is 26.3 Å². The van der Waals surface area contributed by atoms with E-state index in [4.69, 9.17) is 0 Å². The van der Waals surface area contributed by atoms with Crippen molar-refractivity contribution in [2.75, 3.05) is 26.4 Å². The van der Waals surface area contributed by atoms with Crippen LogP contribution < -0.4 is 15.4 Å². The second-order valence-electron chi connectivity index (χ2n) is 4.93. The van der Waals surface area contributed by atoms with Gasteiger partial charge in [0.05, 0.1) is 6.26 Å². The normalized spacial score (nSPS) is 13.4. The summed E-state index contributed by atoms with van der Waals surface area (Å²) in [6, 6.07) is 4.51. The lowest BCUT2D eigenvalue weighted by atomic mass is 10.2. The van der Waals surface area contributed by atoms with E-state index in [1.54, 1.807) is 18.4 Å². The van der Waals surface area contributed by atoms with E-state index in [1.807, 2.05) is 0 Å². The molecule has 0 spiro atoms. The van der Waals surface area contributed by atoms with Crippen molar-refractivity contribution in [1.29, 1.82) is 0 Å². The fourth-order valence-corrected chi connectivity index (χ4v) is 3.28. The molecule has 0 bridgehead atoms. The van der Waals surface area contributed by atoms with E-state index in [9.17, 15) is 8.42 Å². The Hall–Kier alpha value is -0.390. The maximum absolute atomic E-state index is 10.9. The van der Waals surface area contributed by atoms with Gasteiger partial charge in [-0.05, 0) is 26.0 Å². The van der Waals surface area contributed by atoms with Crippen LogP contribution in [0, 0.1) is 6.92 Å². The fraction of sp³-hybridized carbons (Fsp3) is 0.615. The Balaban J connectivity index is 0.00000441. The zero-order valence-corrected chi connectivity index (χ0v) is 17.3.